The van der Waals surface area contributed by atoms with Crippen LogP contribution in [-0.4, -0.2) is 13.0 Å². The Bertz CT molecular complexity index is 1000. The number of halogens is 1. The molecule has 0 heterocycles. The van der Waals surface area contributed by atoms with Crippen LogP contribution < -0.4 is 0 Å². The largest absolute Gasteiger partial charge is 0.722 e. The molecule has 1 aliphatic carbocycles. The molecule has 0 radical (unpaired) electrons. The van der Waals surface area contributed by atoms with Crippen LogP contribution in [0.5, 0.6) is 0 Å². The second-order valence-corrected chi connectivity index (χ2v) is 6.51. The molecule has 0 aliphatic heterocycles. The maximum atomic E-state index is 10.1. The lowest BCUT2D eigenvalue weighted by molar-refractivity contribution is 0.417. The zero-order valence-corrected chi connectivity index (χ0v) is 13.8. The van der Waals surface area contributed by atoms with Crippen LogP contribution in [0.2, 0.25) is 0 Å². The highest BCUT2D eigenvalue weighted by Gasteiger charge is 2.25. The van der Waals surface area contributed by atoms with E-state index in [0.29, 0.717) is 0 Å². The highest BCUT2D eigenvalue weighted by molar-refractivity contribution is 7.80. The van der Waals surface area contributed by atoms with Crippen molar-refractivity contribution in [3.63, 3.8) is 0 Å². The molecule has 0 saturated carbocycles. The van der Waals surface area contributed by atoms with Crippen LogP contribution in [0.4, 0.5) is 3.89 Å². The minimum absolute atomic E-state index is 1.05. The van der Waals surface area contributed by atoms with Crippen LogP contribution in [0, 0.1) is 13.3 Å². The molecule has 0 N–H and O–H groups in total. The smallest absolute Gasteiger partial charge is 0.255 e. The minimum atomic E-state index is -5.42. The van der Waals surface area contributed by atoms with Gasteiger partial charge in [0.15, 0.2) is 0 Å². The molecule has 0 aromatic heterocycles. The van der Waals surface area contributed by atoms with Gasteiger partial charge in [-0.15, -0.1) is 3.89 Å². The summed E-state index contributed by atoms with van der Waals surface area (Å²) in [5.41, 5.74) is 7.07. The number of rotatable bonds is 0. The second-order valence-electron chi connectivity index (χ2n) is 5.72. The third kappa shape index (κ3) is 3.58. The van der Waals surface area contributed by atoms with Crippen molar-refractivity contribution in [2.24, 2.45) is 0 Å². The van der Waals surface area contributed by atoms with E-state index in [1.54, 1.807) is 0 Å². The Hall–Kier alpha value is -2.37. The van der Waals surface area contributed by atoms with Crippen LogP contribution in [0.1, 0.15) is 27.8 Å². The number of benzene rings is 3. The van der Waals surface area contributed by atoms with Gasteiger partial charge >= 0.3 is 0 Å². The van der Waals surface area contributed by atoms with E-state index in [4.69, 9.17) is 13.0 Å². The Labute approximate surface area is 140 Å². The van der Waals surface area contributed by atoms with Gasteiger partial charge in [0.05, 0.1) is 22.9 Å². The van der Waals surface area contributed by atoms with Crippen molar-refractivity contribution in [2.45, 2.75) is 13.3 Å². The molecule has 3 nitrogen and oxygen atoms in total. The summed E-state index contributed by atoms with van der Waals surface area (Å²) in [7, 11) is -5.42. The van der Waals surface area contributed by atoms with Gasteiger partial charge < -0.3 is 4.55 Å². The summed E-state index contributed by atoms with van der Waals surface area (Å²) in [5.74, 6) is 0. The van der Waals surface area contributed by atoms with Crippen LogP contribution in [0.25, 0.3) is 10.8 Å². The van der Waals surface area contributed by atoms with Crippen LogP contribution in [0.15, 0.2) is 54.6 Å². The Kier molecular flexibility index (Phi) is 4.30. The molecule has 0 bridgehead atoms. The molecule has 122 valence electrons. The number of hydrogen-bond acceptors (Lipinski definition) is 3. The lowest BCUT2D eigenvalue weighted by atomic mass is 9.82. The van der Waals surface area contributed by atoms with Gasteiger partial charge in [0.2, 0.25) is 0 Å². The van der Waals surface area contributed by atoms with Crippen molar-refractivity contribution >= 4 is 21.3 Å². The molecule has 0 saturated heterocycles. The molecule has 0 spiro atoms. The zero-order chi connectivity index (χ0) is 17.3. The summed E-state index contributed by atoms with van der Waals surface area (Å²) < 4.78 is 35.3. The summed E-state index contributed by atoms with van der Waals surface area (Å²) in [6.45, 7) is 2.20. The minimum Gasteiger partial charge on any atom is -0.722 e. The predicted molar refractivity (Wildman–Crippen MR) is 91.2 cm³/mol. The fourth-order valence-electron chi connectivity index (χ4n) is 3.12. The first-order chi connectivity index (χ1) is 11.3. The molecule has 4 rings (SSSR count). The maximum absolute atomic E-state index is 10.1. The molecule has 0 atom stereocenters. The SMILES string of the molecule is Cc1cccc2c1[CH+]c1c(ccc3ccccc13)C2.O=S(=O)([O-])F. The van der Waals surface area contributed by atoms with Gasteiger partial charge in [0, 0.05) is 28.5 Å². The van der Waals surface area contributed by atoms with Gasteiger partial charge in [-0.3, -0.25) is 0 Å². The molecule has 0 unspecified atom stereocenters. The van der Waals surface area contributed by atoms with Gasteiger partial charge in [0.25, 0.3) is 10.5 Å². The normalized spacial score (nSPS) is 12.5. The van der Waals surface area contributed by atoms with Crippen molar-refractivity contribution in [1.29, 1.82) is 0 Å². The van der Waals surface area contributed by atoms with E-state index >= 15 is 0 Å². The van der Waals surface area contributed by atoms with E-state index in [-0.39, 0.29) is 0 Å². The van der Waals surface area contributed by atoms with Crippen LogP contribution in [-0.2, 0) is 16.9 Å². The second kappa shape index (κ2) is 6.26. The van der Waals surface area contributed by atoms with E-state index < -0.39 is 10.5 Å². The van der Waals surface area contributed by atoms with Crippen molar-refractivity contribution in [1.82, 2.24) is 0 Å². The zero-order valence-electron chi connectivity index (χ0n) is 13.0. The third-order valence-electron chi connectivity index (χ3n) is 4.14. The Morgan fingerprint density at radius 3 is 2.38 bits per heavy atom. The lowest BCUT2D eigenvalue weighted by Gasteiger charge is -2.16. The summed E-state index contributed by atoms with van der Waals surface area (Å²) in [6, 6.07) is 19.8. The van der Waals surface area contributed by atoms with Crippen molar-refractivity contribution in [3.8, 4) is 0 Å². The van der Waals surface area contributed by atoms with E-state index in [1.807, 2.05) is 0 Å². The van der Waals surface area contributed by atoms with Gasteiger partial charge in [-0.1, -0.05) is 12.1 Å². The molecular formula is C19H15FO3S. The average Bonchev–Trinajstić information content (AvgIpc) is 2.52. The third-order valence-corrected chi connectivity index (χ3v) is 4.14. The number of fused-ring (bicyclic) bond motifs is 4. The van der Waals surface area contributed by atoms with Gasteiger partial charge in [0.1, 0.15) is 0 Å². The summed E-state index contributed by atoms with van der Waals surface area (Å²) in [4.78, 5) is 0. The first-order valence-electron chi connectivity index (χ1n) is 7.42. The Morgan fingerprint density at radius 1 is 0.958 bits per heavy atom. The molecule has 3 aromatic rings. The topological polar surface area (TPSA) is 57.2 Å². The average molecular weight is 342 g/mol. The standard InChI is InChI=1S/C19H15.FHO3S/c1-13-5-4-7-15-11-16-10-9-14-6-2-3-8-17(14)19(16)12-18(13)15;1-5(2,3)4/h2-10,12H,11H2,1H3;(H,2,3,4)/q+1;/p-1. The Balaban J connectivity index is 0.000000300. The molecule has 0 fully saturated rings. The summed E-state index contributed by atoms with van der Waals surface area (Å²) in [5, 5.41) is 2.70. The molecule has 5 heteroatoms. The van der Waals surface area contributed by atoms with Crippen LogP contribution in [0.3, 0.4) is 0 Å². The first kappa shape index (κ1) is 16.5. The van der Waals surface area contributed by atoms with E-state index in [9.17, 15) is 3.89 Å². The first-order valence-corrected chi connectivity index (χ1v) is 8.73. The van der Waals surface area contributed by atoms with Crippen molar-refractivity contribution < 1.29 is 16.9 Å². The molecular weight excluding hydrogens is 327 g/mol. The predicted octanol–water partition coefficient (Wildman–Crippen LogP) is 4.07. The molecule has 24 heavy (non-hydrogen) atoms. The van der Waals surface area contributed by atoms with Crippen molar-refractivity contribution in [3.05, 3.63) is 88.8 Å². The van der Waals surface area contributed by atoms with Gasteiger partial charge in [-0.05, 0) is 49.4 Å². The Morgan fingerprint density at radius 2 is 1.62 bits per heavy atom. The molecule has 0 amide bonds. The summed E-state index contributed by atoms with van der Waals surface area (Å²) >= 11 is 0. The number of aryl methyl sites for hydroxylation is 1. The maximum Gasteiger partial charge on any atom is 0.255 e. The van der Waals surface area contributed by atoms with E-state index in [2.05, 4.69) is 67.9 Å². The van der Waals surface area contributed by atoms with Gasteiger partial charge in [-0.25, -0.2) is 8.42 Å². The highest BCUT2D eigenvalue weighted by Crippen LogP contribution is 2.34. The number of hydrogen-bond donors (Lipinski definition) is 0. The fourth-order valence-corrected chi connectivity index (χ4v) is 3.12. The summed E-state index contributed by atoms with van der Waals surface area (Å²) in [6.07, 6.45) is 3.42. The quantitative estimate of drug-likeness (QED) is 0.275. The van der Waals surface area contributed by atoms with Crippen LogP contribution >= 0.6 is 0 Å². The lowest BCUT2D eigenvalue weighted by Crippen LogP contribution is -2.07. The molecule has 3 aromatic carbocycles. The monoisotopic (exact) mass is 342 g/mol. The fraction of sp³-hybridized carbons (Fsp3) is 0.105. The van der Waals surface area contributed by atoms with E-state index in [1.165, 1.54) is 38.6 Å². The molecule has 1 aliphatic rings. The van der Waals surface area contributed by atoms with E-state index in [0.717, 1.165) is 6.42 Å². The highest BCUT2D eigenvalue weighted by atomic mass is 32.3. The van der Waals surface area contributed by atoms with Gasteiger partial charge in [-0.2, -0.15) is 0 Å². The van der Waals surface area contributed by atoms with Crippen molar-refractivity contribution in [2.75, 3.05) is 0 Å².